The summed E-state index contributed by atoms with van der Waals surface area (Å²) in [5.41, 5.74) is -1.08. The molecule has 116 valence electrons. The van der Waals surface area contributed by atoms with E-state index in [1.54, 1.807) is 0 Å². The maximum Gasteiger partial charge on any atom is 0.330 e. The van der Waals surface area contributed by atoms with Gasteiger partial charge in [-0.3, -0.25) is 4.79 Å². The highest BCUT2D eigenvalue weighted by atomic mass is 19.2. The van der Waals surface area contributed by atoms with E-state index in [1.165, 1.54) is 0 Å². The van der Waals surface area contributed by atoms with E-state index >= 15 is 0 Å². The minimum Gasteiger partial charge on any atom is -0.467 e. The Labute approximate surface area is 117 Å². The lowest BCUT2D eigenvalue weighted by Crippen LogP contribution is -2.45. The predicted molar refractivity (Wildman–Crippen MR) is 64.4 cm³/mol. The van der Waals surface area contributed by atoms with Crippen LogP contribution in [0.4, 0.5) is 23.2 Å². The van der Waals surface area contributed by atoms with Gasteiger partial charge in [0.2, 0.25) is 5.91 Å². The van der Waals surface area contributed by atoms with Crippen LogP contribution in [-0.4, -0.2) is 31.6 Å². The highest BCUT2D eigenvalue weighted by molar-refractivity contribution is 5.83. The van der Waals surface area contributed by atoms with Crippen molar-refractivity contribution in [3.8, 4) is 0 Å². The molecule has 5 nitrogen and oxygen atoms in total. The first-order valence-electron chi connectivity index (χ1n) is 5.69. The molecule has 0 spiro atoms. The van der Waals surface area contributed by atoms with Crippen molar-refractivity contribution in [3.63, 3.8) is 0 Å². The molecule has 1 atom stereocenters. The predicted octanol–water partition coefficient (Wildman–Crippen LogP) is 1.33. The fraction of sp³-hybridized carbons (Fsp3) is 0.333. The SMILES string of the molecule is COC(=O)C(CNc1c(F)c(F)cc(F)c1F)NC(C)=O. The van der Waals surface area contributed by atoms with E-state index < -0.39 is 53.4 Å². The fourth-order valence-electron chi connectivity index (χ4n) is 1.51. The van der Waals surface area contributed by atoms with Gasteiger partial charge >= 0.3 is 5.97 Å². The molecule has 1 amide bonds. The average Bonchev–Trinajstić information content (AvgIpc) is 2.42. The Hall–Kier alpha value is -2.32. The molecule has 0 heterocycles. The van der Waals surface area contributed by atoms with Crippen molar-refractivity contribution in [3.05, 3.63) is 29.3 Å². The van der Waals surface area contributed by atoms with Crippen molar-refractivity contribution in [2.75, 3.05) is 19.0 Å². The quantitative estimate of drug-likeness (QED) is 0.489. The van der Waals surface area contributed by atoms with Crippen molar-refractivity contribution in [2.45, 2.75) is 13.0 Å². The Kier molecular flexibility index (Phi) is 5.51. The average molecular weight is 308 g/mol. The van der Waals surface area contributed by atoms with E-state index in [4.69, 9.17) is 0 Å². The molecule has 0 bridgehead atoms. The van der Waals surface area contributed by atoms with Gasteiger partial charge in [0, 0.05) is 19.5 Å². The third kappa shape index (κ3) is 4.07. The summed E-state index contributed by atoms with van der Waals surface area (Å²) in [6.07, 6.45) is 0. The van der Waals surface area contributed by atoms with Crippen LogP contribution in [0.2, 0.25) is 0 Å². The number of amides is 1. The molecule has 9 heteroatoms. The zero-order chi connectivity index (χ0) is 16.2. The largest absolute Gasteiger partial charge is 0.467 e. The molecule has 1 unspecified atom stereocenters. The van der Waals surface area contributed by atoms with Gasteiger partial charge in [0.05, 0.1) is 7.11 Å². The number of hydrogen-bond donors (Lipinski definition) is 2. The van der Waals surface area contributed by atoms with E-state index in [0.717, 1.165) is 14.0 Å². The van der Waals surface area contributed by atoms with Crippen molar-refractivity contribution in [1.82, 2.24) is 5.32 Å². The summed E-state index contributed by atoms with van der Waals surface area (Å²) in [6.45, 7) is 0.585. The van der Waals surface area contributed by atoms with Crippen LogP contribution in [-0.2, 0) is 14.3 Å². The standard InChI is InChI=1S/C12H12F4N2O3/c1-5(19)18-8(12(20)21-2)4-17-11-9(15)6(13)3-7(14)10(11)16/h3,8,17H,4H2,1-2H3,(H,18,19). The van der Waals surface area contributed by atoms with Crippen molar-refractivity contribution in [1.29, 1.82) is 0 Å². The maximum atomic E-state index is 13.4. The van der Waals surface area contributed by atoms with Crippen LogP contribution in [0, 0.1) is 23.3 Å². The van der Waals surface area contributed by atoms with Crippen LogP contribution < -0.4 is 10.6 Å². The Balaban J connectivity index is 2.95. The molecule has 21 heavy (non-hydrogen) atoms. The number of rotatable bonds is 5. The number of anilines is 1. The molecule has 2 N–H and O–H groups in total. The van der Waals surface area contributed by atoms with Gasteiger partial charge in [-0.1, -0.05) is 0 Å². The molecule has 0 aliphatic carbocycles. The van der Waals surface area contributed by atoms with Crippen molar-refractivity contribution >= 4 is 17.6 Å². The number of methoxy groups -OCH3 is 1. The summed E-state index contributed by atoms with van der Waals surface area (Å²) in [5, 5.41) is 4.20. The molecule has 0 aromatic heterocycles. The van der Waals surface area contributed by atoms with Gasteiger partial charge in [0.25, 0.3) is 0 Å². The maximum absolute atomic E-state index is 13.4. The normalized spacial score (nSPS) is 11.7. The summed E-state index contributed by atoms with van der Waals surface area (Å²) in [5.74, 6) is -7.95. The third-order valence-electron chi connectivity index (χ3n) is 2.46. The number of halogens is 4. The topological polar surface area (TPSA) is 67.4 Å². The summed E-state index contributed by atoms with van der Waals surface area (Å²) >= 11 is 0. The number of carbonyl (C=O) groups is 2. The van der Waals surface area contributed by atoms with Crippen LogP contribution in [0.5, 0.6) is 0 Å². The van der Waals surface area contributed by atoms with Gasteiger partial charge in [-0.15, -0.1) is 0 Å². The minimum absolute atomic E-state index is 0.0570. The highest BCUT2D eigenvalue weighted by Crippen LogP contribution is 2.23. The summed E-state index contributed by atoms with van der Waals surface area (Å²) in [4.78, 5) is 22.3. The lowest BCUT2D eigenvalue weighted by Gasteiger charge is -2.17. The molecular formula is C12H12F4N2O3. The molecule has 0 saturated heterocycles. The number of esters is 1. The Morgan fingerprint density at radius 3 is 2.14 bits per heavy atom. The second kappa shape index (κ2) is 6.91. The lowest BCUT2D eigenvalue weighted by atomic mass is 10.2. The zero-order valence-corrected chi connectivity index (χ0v) is 11.1. The molecule has 1 aromatic rings. The van der Waals surface area contributed by atoms with Gasteiger partial charge in [-0.25, -0.2) is 22.4 Å². The van der Waals surface area contributed by atoms with E-state index in [2.05, 4.69) is 10.1 Å². The van der Waals surface area contributed by atoms with Gasteiger partial charge in [-0.2, -0.15) is 0 Å². The van der Waals surface area contributed by atoms with Crippen LogP contribution in [0.25, 0.3) is 0 Å². The number of benzene rings is 1. The number of nitrogens with one attached hydrogen (secondary N) is 2. The van der Waals surface area contributed by atoms with E-state index in [9.17, 15) is 27.2 Å². The van der Waals surface area contributed by atoms with E-state index in [0.29, 0.717) is 0 Å². The van der Waals surface area contributed by atoms with E-state index in [1.807, 2.05) is 5.32 Å². The molecule has 0 radical (unpaired) electrons. The Morgan fingerprint density at radius 1 is 1.19 bits per heavy atom. The third-order valence-corrected chi connectivity index (χ3v) is 2.46. The first kappa shape index (κ1) is 16.7. The number of ether oxygens (including phenoxy) is 1. The van der Waals surface area contributed by atoms with Gasteiger partial charge in [0.1, 0.15) is 11.7 Å². The molecule has 0 aliphatic heterocycles. The molecule has 1 rings (SSSR count). The van der Waals surface area contributed by atoms with Crippen molar-refractivity contribution < 1.29 is 31.9 Å². The fourth-order valence-corrected chi connectivity index (χ4v) is 1.51. The monoisotopic (exact) mass is 308 g/mol. The minimum atomic E-state index is -1.64. The first-order valence-corrected chi connectivity index (χ1v) is 5.69. The second-order valence-corrected chi connectivity index (χ2v) is 4.00. The van der Waals surface area contributed by atoms with Gasteiger partial charge in [0.15, 0.2) is 23.3 Å². The summed E-state index contributed by atoms with van der Waals surface area (Å²) in [6, 6.07) is -1.22. The molecule has 1 aromatic carbocycles. The molecule has 0 saturated carbocycles. The smallest absolute Gasteiger partial charge is 0.330 e. The molecule has 0 aliphatic rings. The first-order chi connectivity index (χ1) is 9.77. The second-order valence-electron chi connectivity index (χ2n) is 4.00. The van der Waals surface area contributed by atoms with Crippen LogP contribution in [0.1, 0.15) is 6.92 Å². The summed E-state index contributed by atoms with van der Waals surface area (Å²) < 4.78 is 57.2. The number of carbonyl (C=O) groups excluding carboxylic acids is 2. The van der Waals surface area contributed by atoms with Crippen molar-refractivity contribution in [2.24, 2.45) is 0 Å². The summed E-state index contributed by atoms with van der Waals surface area (Å²) in [7, 11) is 1.04. The van der Waals surface area contributed by atoms with Crippen LogP contribution >= 0.6 is 0 Å². The van der Waals surface area contributed by atoms with E-state index in [-0.39, 0.29) is 6.07 Å². The Bertz CT molecular complexity index is 540. The van der Waals surface area contributed by atoms with Gasteiger partial charge in [-0.05, 0) is 0 Å². The van der Waals surface area contributed by atoms with Crippen LogP contribution in [0.15, 0.2) is 6.07 Å². The zero-order valence-electron chi connectivity index (χ0n) is 11.1. The van der Waals surface area contributed by atoms with Crippen LogP contribution in [0.3, 0.4) is 0 Å². The van der Waals surface area contributed by atoms with Gasteiger partial charge < -0.3 is 15.4 Å². The number of hydrogen-bond acceptors (Lipinski definition) is 4. The molecule has 0 fully saturated rings. The highest BCUT2D eigenvalue weighted by Gasteiger charge is 2.23. The molecular weight excluding hydrogens is 296 g/mol. The Morgan fingerprint density at radius 2 is 1.71 bits per heavy atom. The lowest BCUT2D eigenvalue weighted by molar-refractivity contribution is -0.144.